The molecular formula is C9H11N5O3S. The fourth-order valence-electron chi connectivity index (χ4n) is 0.981. The fraction of sp³-hybridized carbons (Fsp3) is 0.111. The minimum atomic E-state index is -0.764. The zero-order valence-electron chi connectivity index (χ0n) is 9.20. The van der Waals surface area contributed by atoms with Gasteiger partial charge in [0.05, 0.1) is 0 Å². The van der Waals surface area contributed by atoms with Crippen molar-refractivity contribution in [2.24, 2.45) is 0 Å². The summed E-state index contributed by atoms with van der Waals surface area (Å²) >= 11 is 4.81. The van der Waals surface area contributed by atoms with E-state index in [1.807, 2.05) is 4.98 Å². The second-order valence-electron chi connectivity index (χ2n) is 3.08. The van der Waals surface area contributed by atoms with Gasteiger partial charge in [0.2, 0.25) is 0 Å². The summed E-state index contributed by atoms with van der Waals surface area (Å²) in [7, 11) is 0. The van der Waals surface area contributed by atoms with E-state index in [9.17, 15) is 14.4 Å². The highest BCUT2D eigenvalue weighted by Gasteiger charge is 2.07. The minimum absolute atomic E-state index is 0.176. The molecule has 8 nitrogen and oxygen atoms in total. The first-order chi connectivity index (χ1) is 8.52. The highest BCUT2D eigenvalue weighted by molar-refractivity contribution is 7.80. The van der Waals surface area contributed by atoms with Crippen molar-refractivity contribution in [2.45, 2.75) is 0 Å². The number of nitrogens with one attached hydrogen (secondary N) is 5. The summed E-state index contributed by atoms with van der Waals surface area (Å²) in [5.41, 5.74) is 2.99. The van der Waals surface area contributed by atoms with Gasteiger partial charge in [-0.15, -0.1) is 6.58 Å². The quantitative estimate of drug-likeness (QED) is 0.255. The Bertz CT molecular complexity index is 548. The molecule has 0 aliphatic heterocycles. The fourth-order valence-corrected chi connectivity index (χ4v) is 1.12. The number of H-pyrrole nitrogens is 2. The van der Waals surface area contributed by atoms with Gasteiger partial charge in [-0.2, -0.15) is 0 Å². The van der Waals surface area contributed by atoms with Crippen LogP contribution in [0.2, 0.25) is 0 Å². The number of aromatic amines is 2. The molecule has 0 unspecified atom stereocenters. The van der Waals surface area contributed by atoms with Crippen molar-refractivity contribution in [1.29, 1.82) is 0 Å². The van der Waals surface area contributed by atoms with Crippen LogP contribution in [-0.4, -0.2) is 27.5 Å². The standard InChI is InChI=1S/C9H11N5O3S/c1-2-3-10-9(18)14-13-7(16)5-4-6(15)12-8(17)11-5/h2,4H,1,3H2,(H,13,16)(H2,10,14,18)(H2,11,12,15,17). The number of hydrogen-bond acceptors (Lipinski definition) is 4. The van der Waals surface area contributed by atoms with Gasteiger partial charge in [-0.1, -0.05) is 6.08 Å². The molecule has 0 aliphatic carbocycles. The third kappa shape index (κ3) is 4.22. The van der Waals surface area contributed by atoms with E-state index < -0.39 is 17.2 Å². The molecule has 0 aliphatic rings. The Balaban J connectivity index is 2.60. The molecule has 1 rings (SSSR count). The van der Waals surface area contributed by atoms with Gasteiger partial charge in [-0.3, -0.25) is 25.4 Å². The highest BCUT2D eigenvalue weighted by Crippen LogP contribution is 1.83. The lowest BCUT2D eigenvalue weighted by Crippen LogP contribution is -2.47. The molecule has 9 heteroatoms. The number of aromatic nitrogens is 2. The molecule has 0 bridgehead atoms. The maximum Gasteiger partial charge on any atom is 0.326 e. The van der Waals surface area contributed by atoms with Gasteiger partial charge < -0.3 is 10.3 Å². The van der Waals surface area contributed by atoms with Crippen molar-refractivity contribution in [3.05, 3.63) is 45.3 Å². The SMILES string of the molecule is C=CCNC(=S)NNC(=O)c1cc(=O)[nH]c(=O)[nH]1. The number of amides is 1. The third-order valence-corrected chi connectivity index (χ3v) is 1.95. The number of rotatable bonds is 3. The summed E-state index contributed by atoms with van der Waals surface area (Å²) < 4.78 is 0. The van der Waals surface area contributed by atoms with Crippen LogP contribution in [0.1, 0.15) is 10.5 Å². The van der Waals surface area contributed by atoms with Crippen molar-refractivity contribution < 1.29 is 4.79 Å². The van der Waals surface area contributed by atoms with Crippen LogP contribution in [0.25, 0.3) is 0 Å². The van der Waals surface area contributed by atoms with Crippen molar-refractivity contribution >= 4 is 23.2 Å². The van der Waals surface area contributed by atoms with E-state index in [1.54, 1.807) is 6.08 Å². The molecule has 18 heavy (non-hydrogen) atoms. The topological polar surface area (TPSA) is 119 Å². The average Bonchev–Trinajstić information content (AvgIpc) is 2.32. The Labute approximate surface area is 106 Å². The van der Waals surface area contributed by atoms with Crippen LogP contribution >= 0.6 is 12.2 Å². The summed E-state index contributed by atoms with van der Waals surface area (Å²) in [6.45, 7) is 3.91. The summed E-state index contributed by atoms with van der Waals surface area (Å²) in [6.07, 6.45) is 1.59. The van der Waals surface area contributed by atoms with Crippen molar-refractivity contribution in [1.82, 2.24) is 26.1 Å². The van der Waals surface area contributed by atoms with Gasteiger partial charge in [-0.05, 0) is 12.2 Å². The van der Waals surface area contributed by atoms with E-state index in [1.165, 1.54) is 0 Å². The van der Waals surface area contributed by atoms with E-state index in [-0.39, 0.29) is 10.8 Å². The lowest BCUT2D eigenvalue weighted by atomic mass is 10.4. The Morgan fingerprint density at radius 1 is 1.39 bits per heavy atom. The monoisotopic (exact) mass is 269 g/mol. The number of carbonyl (C=O) groups is 1. The lowest BCUT2D eigenvalue weighted by molar-refractivity contribution is 0.0938. The molecule has 96 valence electrons. The van der Waals surface area contributed by atoms with Gasteiger partial charge >= 0.3 is 5.69 Å². The zero-order chi connectivity index (χ0) is 13.5. The number of thiocarbonyl (C=S) groups is 1. The third-order valence-electron chi connectivity index (χ3n) is 1.70. The van der Waals surface area contributed by atoms with Crippen molar-refractivity contribution in [2.75, 3.05) is 6.54 Å². The van der Waals surface area contributed by atoms with Crippen LogP contribution in [-0.2, 0) is 0 Å². The molecule has 0 saturated heterocycles. The molecule has 0 saturated carbocycles. The van der Waals surface area contributed by atoms with Crippen LogP contribution in [0.4, 0.5) is 0 Å². The highest BCUT2D eigenvalue weighted by atomic mass is 32.1. The molecule has 1 amide bonds. The number of hydrogen-bond donors (Lipinski definition) is 5. The molecule has 0 aromatic carbocycles. The second-order valence-corrected chi connectivity index (χ2v) is 3.49. The molecule has 5 N–H and O–H groups in total. The summed E-state index contributed by atoms with van der Waals surface area (Å²) in [5.74, 6) is -0.694. The Morgan fingerprint density at radius 2 is 2.11 bits per heavy atom. The first-order valence-electron chi connectivity index (χ1n) is 4.81. The molecular weight excluding hydrogens is 258 g/mol. The maximum atomic E-state index is 11.5. The average molecular weight is 269 g/mol. The predicted octanol–water partition coefficient (Wildman–Crippen LogP) is -1.64. The van der Waals surface area contributed by atoms with E-state index in [4.69, 9.17) is 12.2 Å². The van der Waals surface area contributed by atoms with Crippen LogP contribution in [0.15, 0.2) is 28.3 Å². The minimum Gasteiger partial charge on any atom is -0.358 e. The van der Waals surface area contributed by atoms with E-state index >= 15 is 0 Å². The summed E-state index contributed by atoms with van der Waals surface area (Å²) in [4.78, 5) is 37.5. The van der Waals surface area contributed by atoms with Gasteiger partial charge in [0, 0.05) is 12.6 Å². The van der Waals surface area contributed by atoms with Crippen LogP contribution in [0.5, 0.6) is 0 Å². The van der Waals surface area contributed by atoms with Gasteiger partial charge in [0.1, 0.15) is 5.69 Å². The van der Waals surface area contributed by atoms with Crippen LogP contribution in [0, 0.1) is 0 Å². The summed E-state index contributed by atoms with van der Waals surface area (Å²) in [5, 5.41) is 2.89. The lowest BCUT2D eigenvalue weighted by Gasteiger charge is -2.09. The second kappa shape index (κ2) is 6.35. The Hall–Kier alpha value is -2.42. The molecule has 1 aromatic rings. The van der Waals surface area contributed by atoms with Gasteiger partial charge in [0.15, 0.2) is 5.11 Å². The van der Waals surface area contributed by atoms with Gasteiger partial charge in [-0.25, -0.2) is 4.79 Å². The van der Waals surface area contributed by atoms with Crippen molar-refractivity contribution in [3.63, 3.8) is 0 Å². The first kappa shape index (κ1) is 13.6. The normalized spacial score (nSPS) is 9.33. The predicted molar refractivity (Wildman–Crippen MR) is 69.1 cm³/mol. The largest absolute Gasteiger partial charge is 0.358 e. The van der Waals surface area contributed by atoms with E-state index in [2.05, 4.69) is 27.7 Å². The molecule has 0 atom stereocenters. The van der Waals surface area contributed by atoms with Crippen molar-refractivity contribution in [3.8, 4) is 0 Å². The smallest absolute Gasteiger partial charge is 0.326 e. The van der Waals surface area contributed by atoms with E-state index in [0.29, 0.717) is 6.54 Å². The molecule has 1 aromatic heterocycles. The van der Waals surface area contributed by atoms with Crippen LogP contribution in [0.3, 0.4) is 0 Å². The maximum absolute atomic E-state index is 11.5. The summed E-state index contributed by atoms with van der Waals surface area (Å²) in [6, 6.07) is 0.957. The first-order valence-corrected chi connectivity index (χ1v) is 5.22. The number of hydrazine groups is 1. The van der Waals surface area contributed by atoms with Crippen LogP contribution < -0.4 is 27.4 Å². The zero-order valence-corrected chi connectivity index (χ0v) is 10.0. The van der Waals surface area contributed by atoms with E-state index in [0.717, 1.165) is 6.07 Å². The molecule has 0 fully saturated rings. The molecule has 0 radical (unpaired) electrons. The molecule has 0 spiro atoms. The van der Waals surface area contributed by atoms with Gasteiger partial charge in [0.25, 0.3) is 11.5 Å². The molecule has 1 heterocycles. The Morgan fingerprint density at radius 3 is 2.72 bits per heavy atom. The Kier molecular flexibility index (Phi) is 4.81. The number of carbonyl (C=O) groups excluding carboxylic acids is 1.